The lowest BCUT2D eigenvalue weighted by atomic mass is 10.0. The first-order valence-electron chi connectivity index (χ1n) is 8.09. The summed E-state index contributed by atoms with van der Waals surface area (Å²) < 4.78 is 28.5. The van der Waals surface area contributed by atoms with Crippen molar-refractivity contribution in [1.29, 1.82) is 0 Å². The van der Waals surface area contributed by atoms with Crippen molar-refractivity contribution in [2.75, 3.05) is 26.0 Å². The molecule has 1 heterocycles. The van der Waals surface area contributed by atoms with E-state index in [0.717, 1.165) is 23.1 Å². The topological polar surface area (TPSA) is 44.4 Å². The van der Waals surface area contributed by atoms with Crippen molar-refractivity contribution in [3.05, 3.63) is 65.0 Å². The molecule has 0 saturated carbocycles. The van der Waals surface area contributed by atoms with E-state index >= 15 is 0 Å². The highest BCUT2D eigenvalue weighted by Crippen LogP contribution is 2.32. The summed E-state index contributed by atoms with van der Waals surface area (Å²) >= 11 is 1.65. The van der Waals surface area contributed by atoms with Gasteiger partial charge < -0.3 is 15.5 Å². The fourth-order valence-corrected chi connectivity index (χ4v) is 3.80. The van der Waals surface area contributed by atoms with Gasteiger partial charge in [-0.15, -0.1) is 11.3 Å². The van der Waals surface area contributed by atoms with Gasteiger partial charge in [-0.2, -0.15) is 0 Å². The van der Waals surface area contributed by atoms with Crippen LogP contribution in [0, 0.1) is 11.6 Å². The van der Waals surface area contributed by atoms with Gasteiger partial charge in [0, 0.05) is 11.2 Å². The number of nitrogens with zero attached hydrogens (tertiary/aromatic N) is 1. The van der Waals surface area contributed by atoms with Crippen LogP contribution in [0.2, 0.25) is 0 Å². The van der Waals surface area contributed by atoms with Crippen molar-refractivity contribution < 1.29 is 13.6 Å². The highest BCUT2D eigenvalue weighted by Gasteiger charge is 2.19. The number of amides is 2. The van der Waals surface area contributed by atoms with Gasteiger partial charge in [0.2, 0.25) is 0 Å². The fourth-order valence-electron chi connectivity index (χ4n) is 2.79. The van der Waals surface area contributed by atoms with Crippen LogP contribution in [0.1, 0.15) is 11.6 Å². The van der Waals surface area contributed by atoms with Crippen LogP contribution in [-0.2, 0) is 0 Å². The van der Waals surface area contributed by atoms with Crippen LogP contribution in [0.15, 0.2) is 47.8 Å². The Bertz CT molecular complexity index is 906. The average Bonchev–Trinajstić information content (AvgIpc) is 3.02. The number of likely N-dealkylation sites (N-methyl/N-ethyl adjacent to an activating group) is 1. The molecule has 0 radical (unpaired) electrons. The molecule has 0 unspecified atom stereocenters. The summed E-state index contributed by atoms with van der Waals surface area (Å²) in [6, 6.07) is 10.8. The van der Waals surface area contributed by atoms with E-state index in [9.17, 15) is 13.6 Å². The number of anilines is 1. The van der Waals surface area contributed by atoms with Gasteiger partial charge in [-0.25, -0.2) is 13.6 Å². The number of carbonyl (C=O) groups excluding carboxylic acids is 1. The largest absolute Gasteiger partial charge is 0.336 e. The van der Waals surface area contributed by atoms with Crippen LogP contribution >= 0.6 is 11.3 Å². The van der Waals surface area contributed by atoms with Crippen molar-refractivity contribution >= 4 is 33.1 Å². The SMILES string of the molecule is CN(C)[C@@H](CNC(=O)Nc1c(F)cccc1F)c1csc2ccccc12. The number of fused-ring (bicyclic) bond motifs is 1. The monoisotopic (exact) mass is 375 g/mol. The summed E-state index contributed by atoms with van der Waals surface area (Å²) in [5.41, 5.74) is 0.653. The minimum atomic E-state index is -0.812. The standard InChI is InChI=1S/C19H19F2N3OS/c1-24(2)16(13-11-26-17-9-4-3-6-12(13)17)10-22-19(25)23-18-14(20)7-5-8-15(18)21/h3-9,11,16H,10H2,1-2H3,(H2,22,23,25)/t16-/m0/s1. The molecule has 0 aliphatic carbocycles. The number of nitrogens with one attached hydrogen (secondary N) is 2. The van der Waals surface area contributed by atoms with Crippen molar-refractivity contribution in [3.8, 4) is 0 Å². The van der Waals surface area contributed by atoms with Gasteiger partial charge in [-0.3, -0.25) is 0 Å². The first kappa shape index (κ1) is 18.3. The maximum atomic E-state index is 13.6. The lowest BCUT2D eigenvalue weighted by Gasteiger charge is -2.24. The number of halogens is 2. The Morgan fingerprint density at radius 1 is 1.12 bits per heavy atom. The maximum absolute atomic E-state index is 13.6. The van der Waals surface area contributed by atoms with E-state index in [0.29, 0.717) is 6.54 Å². The van der Waals surface area contributed by atoms with Gasteiger partial charge in [-0.05, 0) is 48.6 Å². The van der Waals surface area contributed by atoms with E-state index in [-0.39, 0.29) is 6.04 Å². The molecule has 0 spiro atoms. The zero-order valence-corrected chi connectivity index (χ0v) is 15.2. The van der Waals surface area contributed by atoms with Crippen molar-refractivity contribution in [2.24, 2.45) is 0 Å². The summed E-state index contributed by atoms with van der Waals surface area (Å²) in [4.78, 5) is 14.1. The van der Waals surface area contributed by atoms with Gasteiger partial charge in [0.1, 0.15) is 17.3 Å². The Hall–Kier alpha value is -2.51. The summed E-state index contributed by atoms with van der Waals surface area (Å²) in [6.45, 7) is 0.301. The molecule has 0 bridgehead atoms. The number of thiophene rings is 1. The third-order valence-electron chi connectivity index (χ3n) is 4.15. The van der Waals surface area contributed by atoms with Crippen LogP contribution in [0.3, 0.4) is 0 Å². The minimum Gasteiger partial charge on any atom is -0.336 e. The van der Waals surface area contributed by atoms with Gasteiger partial charge in [0.05, 0.1) is 6.04 Å². The molecule has 1 aromatic heterocycles. The van der Waals surface area contributed by atoms with E-state index in [1.165, 1.54) is 10.8 Å². The highest BCUT2D eigenvalue weighted by atomic mass is 32.1. The molecule has 3 aromatic rings. The predicted octanol–water partition coefficient (Wildman–Crippen LogP) is 4.60. The molecule has 0 aliphatic heterocycles. The lowest BCUT2D eigenvalue weighted by molar-refractivity contribution is 0.243. The van der Waals surface area contributed by atoms with E-state index in [1.54, 1.807) is 11.3 Å². The Morgan fingerprint density at radius 2 is 1.81 bits per heavy atom. The van der Waals surface area contributed by atoms with Gasteiger partial charge in [0.15, 0.2) is 0 Å². The molecular formula is C19H19F2N3OS. The molecule has 136 valence electrons. The second kappa shape index (κ2) is 7.80. The van der Waals surface area contributed by atoms with Gasteiger partial charge in [0.25, 0.3) is 0 Å². The molecule has 4 nitrogen and oxygen atoms in total. The van der Waals surface area contributed by atoms with Crippen LogP contribution in [-0.4, -0.2) is 31.6 Å². The van der Waals surface area contributed by atoms with Crippen molar-refractivity contribution in [1.82, 2.24) is 10.2 Å². The quantitative estimate of drug-likeness (QED) is 0.684. The second-order valence-electron chi connectivity index (χ2n) is 6.10. The molecule has 1 atom stereocenters. The van der Waals surface area contributed by atoms with Crippen molar-refractivity contribution in [2.45, 2.75) is 6.04 Å². The highest BCUT2D eigenvalue weighted by molar-refractivity contribution is 7.17. The smallest absolute Gasteiger partial charge is 0.319 e. The number of carbonyl (C=O) groups is 1. The lowest BCUT2D eigenvalue weighted by Crippen LogP contribution is -2.37. The summed E-state index contributed by atoms with van der Waals surface area (Å²) in [7, 11) is 3.85. The Labute approximate surface area is 154 Å². The van der Waals surface area contributed by atoms with E-state index in [4.69, 9.17) is 0 Å². The van der Waals surface area contributed by atoms with Gasteiger partial charge in [-0.1, -0.05) is 24.3 Å². The van der Waals surface area contributed by atoms with E-state index < -0.39 is 23.4 Å². The van der Waals surface area contributed by atoms with Crippen LogP contribution in [0.25, 0.3) is 10.1 Å². The second-order valence-corrected chi connectivity index (χ2v) is 7.01. The molecule has 7 heteroatoms. The Balaban J connectivity index is 1.72. The normalized spacial score (nSPS) is 12.3. The number of urea groups is 1. The third kappa shape index (κ3) is 3.84. The number of hydrogen-bond acceptors (Lipinski definition) is 3. The molecule has 2 amide bonds. The zero-order chi connectivity index (χ0) is 18.7. The number of para-hydroxylation sites is 1. The molecular weight excluding hydrogens is 356 g/mol. The summed E-state index contributed by atoms with van der Waals surface area (Å²) in [6.07, 6.45) is 0. The molecule has 2 aromatic carbocycles. The first-order valence-corrected chi connectivity index (χ1v) is 8.96. The minimum absolute atomic E-state index is 0.0673. The molecule has 26 heavy (non-hydrogen) atoms. The maximum Gasteiger partial charge on any atom is 0.319 e. The average molecular weight is 375 g/mol. The number of benzene rings is 2. The zero-order valence-electron chi connectivity index (χ0n) is 14.4. The molecule has 0 aliphatic rings. The third-order valence-corrected chi connectivity index (χ3v) is 5.13. The van der Waals surface area contributed by atoms with Gasteiger partial charge >= 0.3 is 6.03 Å². The van der Waals surface area contributed by atoms with Crippen LogP contribution in [0.5, 0.6) is 0 Å². The number of hydrogen-bond donors (Lipinski definition) is 2. The molecule has 0 fully saturated rings. The van der Waals surface area contributed by atoms with Crippen LogP contribution < -0.4 is 10.6 Å². The summed E-state index contributed by atoms with van der Waals surface area (Å²) in [5, 5.41) is 8.15. The first-order chi connectivity index (χ1) is 12.5. The predicted molar refractivity (Wildman–Crippen MR) is 102 cm³/mol. The molecule has 2 N–H and O–H groups in total. The fraction of sp³-hybridized carbons (Fsp3) is 0.211. The Morgan fingerprint density at radius 3 is 2.50 bits per heavy atom. The van der Waals surface area contributed by atoms with E-state index in [2.05, 4.69) is 22.1 Å². The van der Waals surface area contributed by atoms with Crippen molar-refractivity contribution in [3.63, 3.8) is 0 Å². The molecule has 3 rings (SSSR count). The van der Waals surface area contributed by atoms with Crippen LogP contribution in [0.4, 0.5) is 19.3 Å². The summed E-state index contributed by atoms with van der Waals surface area (Å²) in [5.74, 6) is -1.62. The van der Waals surface area contributed by atoms with E-state index in [1.807, 2.05) is 37.2 Å². The Kier molecular flexibility index (Phi) is 5.49. The molecule has 0 saturated heterocycles. The number of rotatable bonds is 5.